The average molecular weight is 274 g/mol. The molecule has 0 rings (SSSR count). The van der Waals surface area contributed by atoms with Gasteiger partial charge in [0, 0.05) is 6.42 Å². The lowest BCUT2D eigenvalue weighted by atomic mass is 9.88. The van der Waals surface area contributed by atoms with Crippen LogP contribution in [0.4, 0.5) is 4.39 Å². The molecule has 0 spiro atoms. The zero-order valence-corrected chi connectivity index (χ0v) is 12.4. The Kier molecular flexibility index (Phi) is 8.65. The molecule has 0 aromatic heterocycles. The molecule has 19 heavy (non-hydrogen) atoms. The molecule has 0 aliphatic carbocycles. The number of hydrogen-bond acceptors (Lipinski definition) is 3. The molecule has 0 aliphatic rings. The molecule has 0 unspecified atom stereocenters. The van der Waals surface area contributed by atoms with Gasteiger partial charge in [-0.2, -0.15) is 0 Å². The zero-order valence-electron chi connectivity index (χ0n) is 12.4. The van der Waals surface area contributed by atoms with Crippen LogP contribution in [0.15, 0.2) is 12.2 Å². The first-order valence-corrected chi connectivity index (χ1v) is 7.07. The summed E-state index contributed by atoms with van der Waals surface area (Å²) in [4.78, 5) is 11.7. The summed E-state index contributed by atoms with van der Waals surface area (Å²) in [5.41, 5.74) is -1.85. The molecular formula is C15H27FO3. The van der Waals surface area contributed by atoms with Gasteiger partial charge in [0.05, 0.1) is 12.7 Å². The van der Waals surface area contributed by atoms with Crippen molar-refractivity contribution in [2.24, 2.45) is 0 Å². The minimum atomic E-state index is -2.37. The molecule has 0 fully saturated rings. The van der Waals surface area contributed by atoms with Gasteiger partial charge in [-0.25, -0.2) is 9.18 Å². The Morgan fingerprint density at radius 2 is 2.00 bits per heavy atom. The van der Waals surface area contributed by atoms with Crippen LogP contribution < -0.4 is 0 Å². The van der Waals surface area contributed by atoms with Crippen molar-refractivity contribution < 1.29 is 19.0 Å². The van der Waals surface area contributed by atoms with Gasteiger partial charge in [0.15, 0.2) is 0 Å². The second-order valence-corrected chi connectivity index (χ2v) is 5.08. The van der Waals surface area contributed by atoms with Crippen molar-refractivity contribution in [1.29, 1.82) is 0 Å². The van der Waals surface area contributed by atoms with E-state index in [1.807, 2.05) is 0 Å². The highest BCUT2D eigenvalue weighted by atomic mass is 19.1. The maximum absolute atomic E-state index is 14.7. The molecular weight excluding hydrogens is 247 g/mol. The van der Waals surface area contributed by atoms with E-state index in [1.54, 1.807) is 13.8 Å². The van der Waals surface area contributed by atoms with Crippen molar-refractivity contribution in [3.05, 3.63) is 12.2 Å². The van der Waals surface area contributed by atoms with Crippen LogP contribution in [0, 0.1) is 0 Å². The van der Waals surface area contributed by atoms with E-state index in [2.05, 4.69) is 13.5 Å². The summed E-state index contributed by atoms with van der Waals surface area (Å²) in [7, 11) is 0. The first-order chi connectivity index (χ1) is 8.88. The van der Waals surface area contributed by atoms with Crippen LogP contribution in [0.1, 0.15) is 59.3 Å². The minimum Gasteiger partial charge on any atom is -0.464 e. The van der Waals surface area contributed by atoms with E-state index in [4.69, 9.17) is 4.74 Å². The van der Waals surface area contributed by atoms with Crippen molar-refractivity contribution in [2.75, 3.05) is 6.61 Å². The van der Waals surface area contributed by atoms with E-state index in [1.165, 1.54) is 0 Å². The molecule has 2 atom stereocenters. The molecule has 0 aliphatic heterocycles. The highest BCUT2D eigenvalue weighted by molar-refractivity contribution is 5.80. The second-order valence-electron chi connectivity index (χ2n) is 5.08. The van der Waals surface area contributed by atoms with Crippen LogP contribution in [0.2, 0.25) is 0 Å². The third-order valence-corrected chi connectivity index (χ3v) is 3.03. The molecule has 0 heterocycles. The predicted octanol–water partition coefficient (Wildman–Crippen LogP) is 3.56. The number of aliphatic hydroxyl groups excluding tert-OH is 1. The molecule has 0 aromatic carbocycles. The molecule has 0 radical (unpaired) electrons. The summed E-state index contributed by atoms with van der Waals surface area (Å²) in [6.45, 7) is 9.05. The molecule has 4 heteroatoms. The zero-order chi connectivity index (χ0) is 14.9. The Labute approximate surface area is 115 Å². The van der Waals surface area contributed by atoms with Crippen LogP contribution >= 0.6 is 0 Å². The summed E-state index contributed by atoms with van der Waals surface area (Å²) < 4.78 is 19.5. The Morgan fingerprint density at radius 1 is 1.37 bits per heavy atom. The first-order valence-electron chi connectivity index (χ1n) is 7.07. The lowest BCUT2D eigenvalue weighted by Gasteiger charge is -2.28. The highest BCUT2D eigenvalue weighted by Crippen LogP contribution is 2.29. The number of allylic oxidation sites excluding steroid dienone is 1. The lowest BCUT2D eigenvalue weighted by Crippen LogP contribution is -2.47. The number of esters is 1. The van der Waals surface area contributed by atoms with Crippen molar-refractivity contribution in [1.82, 2.24) is 0 Å². The van der Waals surface area contributed by atoms with Crippen LogP contribution in [0.3, 0.4) is 0 Å². The summed E-state index contributed by atoms with van der Waals surface area (Å²) in [6, 6.07) is 0. The van der Waals surface area contributed by atoms with Gasteiger partial charge < -0.3 is 9.84 Å². The topological polar surface area (TPSA) is 46.5 Å². The number of unbranched alkanes of at least 4 members (excludes halogenated alkanes) is 3. The number of carbonyl (C=O) groups is 1. The third kappa shape index (κ3) is 6.19. The number of halogens is 1. The maximum atomic E-state index is 14.7. The van der Waals surface area contributed by atoms with Crippen LogP contribution in [-0.2, 0) is 9.53 Å². The molecule has 0 aromatic rings. The van der Waals surface area contributed by atoms with E-state index in [9.17, 15) is 14.3 Å². The predicted molar refractivity (Wildman–Crippen MR) is 74.7 cm³/mol. The fraction of sp³-hybridized carbons (Fsp3) is 0.800. The van der Waals surface area contributed by atoms with Gasteiger partial charge in [-0.15, -0.1) is 6.58 Å². The van der Waals surface area contributed by atoms with Gasteiger partial charge in [-0.05, 0) is 20.3 Å². The molecule has 0 amide bonds. The summed E-state index contributed by atoms with van der Waals surface area (Å²) in [5.74, 6) is -0.985. The molecule has 112 valence electrons. The average Bonchev–Trinajstić information content (AvgIpc) is 2.33. The third-order valence-electron chi connectivity index (χ3n) is 3.03. The van der Waals surface area contributed by atoms with Crippen LogP contribution in [0.5, 0.6) is 0 Å². The molecule has 3 nitrogen and oxygen atoms in total. The van der Waals surface area contributed by atoms with E-state index in [-0.39, 0.29) is 19.4 Å². The number of ether oxygens (including phenoxy) is 1. The van der Waals surface area contributed by atoms with Gasteiger partial charge in [0.1, 0.15) is 0 Å². The summed E-state index contributed by atoms with van der Waals surface area (Å²) in [6.07, 6.45) is 2.49. The van der Waals surface area contributed by atoms with Crippen molar-refractivity contribution >= 4 is 5.97 Å². The maximum Gasteiger partial charge on any atom is 0.346 e. The summed E-state index contributed by atoms with van der Waals surface area (Å²) >= 11 is 0. The first kappa shape index (κ1) is 18.1. The van der Waals surface area contributed by atoms with Gasteiger partial charge >= 0.3 is 5.97 Å². The van der Waals surface area contributed by atoms with Crippen LogP contribution in [0.25, 0.3) is 0 Å². The van der Waals surface area contributed by atoms with Gasteiger partial charge in [-0.1, -0.05) is 38.2 Å². The smallest absolute Gasteiger partial charge is 0.346 e. The van der Waals surface area contributed by atoms with E-state index < -0.39 is 17.7 Å². The Hall–Kier alpha value is -0.900. The second kappa shape index (κ2) is 9.08. The lowest BCUT2D eigenvalue weighted by molar-refractivity contribution is -0.166. The minimum absolute atomic E-state index is 0.100. The standard InChI is InChI=1S/C15H27FO3/c1-5-7-8-9-10-13(17)15(16,11-12(3)4)14(18)19-6-2/h13,17H,3,5-11H2,1-2,4H3/t13-,15+/m1/s1. The molecule has 0 saturated heterocycles. The molecule has 0 bridgehead atoms. The summed E-state index contributed by atoms with van der Waals surface area (Å²) in [5, 5.41) is 10.00. The van der Waals surface area contributed by atoms with E-state index in [0.29, 0.717) is 12.0 Å². The highest BCUT2D eigenvalue weighted by Gasteiger charge is 2.46. The van der Waals surface area contributed by atoms with Crippen molar-refractivity contribution in [3.8, 4) is 0 Å². The van der Waals surface area contributed by atoms with Gasteiger partial charge in [-0.3, -0.25) is 0 Å². The Balaban J connectivity index is 4.62. The van der Waals surface area contributed by atoms with Crippen molar-refractivity contribution in [3.63, 3.8) is 0 Å². The molecule has 1 N–H and O–H groups in total. The fourth-order valence-electron chi connectivity index (χ4n) is 2.01. The monoisotopic (exact) mass is 274 g/mol. The van der Waals surface area contributed by atoms with Crippen LogP contribution in [-0.4, -0.2) is 29.5 Å². The fourth-order valence-corrected chi connectivity index (χ4v) is 2.01. The van der Waals surface area contributed by atoms with Crippen molar-refractivity contribution in [2.45, 2.75) is 71.1 Å². The number of hydrogen-bond donors (Lipinski definition) is 1. The number of aliphatic hydroxyl groups is 1. The van der Waals surface area contributed by atoms with E-state index in [0.717, 1.165) is 19.3 Å². The quantitative estimate of drug-likeness (QED) is 0.376. The van der Waals surface area contributed by atoms with Gasteiger partial charge in [0.2, 0.25) is 5.67 Å². The number of alkyl halides is 1. The SMILES string of the molecule is C=C(C)C[C@@](F)(C(=O)OCC)[C@H](O)CCCCCC. The largest absolute Gasteiger partial charge is 0.464 e. The van der Waals surface area contributed by atoms with Gasteiger partial charge in [0.25, 0.3) is 0 Å². The Morgan fingerprint density at radius 3 is 2.47 bits per heavy atom. The van der Waals surface area contributed by atoms with E-state index >= 15 is 0 Å². The Bertz CT molecular complexity index is 291. The number of carbonyl (C=O) groups excluding carboxylic acids is 1. The molecule has 0 saturated carbocycles. The number of rotatable bonds is 10. The normalized spacial score (nSPS) is 15.6.